The normalized spacial score (nSPS) is 22.1. The predicted molar refractivity (Wildman–Crippen MR) is 133 cm³/mol. The molecule has 0 saturated carbocycles. The molecule has 2 aliphatic rings. The number of rotatable bonds is 5. The van der Waals surface area contributed by atoms with Crippen LogP contribution in [0.4, 0.5) is 4.39 Å². The highest BCUT2D eigenvalue weighted by Crippen LogP contribution is 2.36. The van der Waals surface area contributed by atoms with Crippen LogP contribution in [0.25, 0.3) is 0 Å². The summed E-state index contributed by atoms with van der Waals surface area (Å²) in [6.45, 7) is 4.62. The third-order valence-corrected chi connectivity index (χ3v) is 8.17. The Kier molecular flexibility index (Phi) is 6.81. The van der Waals surface area contributed by atoms with Crippen LogP contribution in [-0.2, 0) is 0 Å². The van der Waals surface area contributed by atoms with Crippen LogP contribution in [-0.4, -0.2) is 48.4 Å². The second-order valence-electron chi connectivity index (χ2n) is 9.27. The molecule has 0 aliphatic carbocycles. The van der Waals surface area contributed by atoms with Crippen LogP contribution in [0.5, 0.6) is 0 Å². The molecular weight excluding hydrogens is 455 g/mol. The van der Waals surface area contributed by atoms with Crippen molar-refractivity contribution in [2.45, 2.75) is 24.7 Å². The summed E-state index contributed by atoms with van der Waals surface area (Å²) in [4.78, 5) is 17.8. The Hall–Kier alpha value is -2.21. The number of piperidine rings is 1. The highest BCUT2D eigenvalue weighted by Gasteiger charge is 2.38. The summed E-state index contributed by atoms with van der Waals surface area (Å²) in [5, 5.41) is 5.00. The minimum Gasteiger partial charge on any atom is -0.338 e. The Balaban J connectivity index is 1.24. The van der Waals surface area contributed by atoms with Gasteiger partial charge in [0.2, 0.25) is 0 Å². The number of carbonyl (C=O) groups is 1. The first kappa shape index (κ1) is 22.6. The summed E-state index contributed by atoms with van der Waals surface area (Å²) in [5.41, 5.74) is 3.29. The van der Waals surface area contributed by atoms with Gasteiger partial charge in [0.15, 0.2) is 0 Å². The number of hydrogen-bond acceptors (Lipinski definition) is 3. The van der Waals surface area contributed by atoms with Crippen molar-refractivity contribution in [3.05, 3.63) is 92.9 Å². The molecule has 1 aromatic heterocycles. The molecular formula is C27H28ClFN2OS. The first-order chi connectivity index (χ1) is 16.1. The van der Waals surface area contributed by atoms with E-state index in [1.165, 1.54) is 11.1 Å². The number of hydrogen-bond donors (Lipinski definition) is 0. The van der Waals surface area contributed by atoms with Gasteiger partial charge in [0, 0.05) is 36.1 Å². The minimum absolute atomic E-state index is 0.0874. The lowest BCUT2D eigenvalue weighted by Gasteiger charge is -2.34. The molecule has 2 fully saturated rings. The Labute approximate surface area is 203 Å². The van der Waals surface area contributed by atoms with Crippen molar-refractivity contribution < 1.29 is 9.18 Å². The van der Waals surface area contributed by atoms with E-state index < -0.39 is 0 Å². The molecule has 2 saturated heterocycles. The molecule has 0 N–H and O–H groups in total. The third kappa shape index (κ3) is 5.16. The van der Waals surface area contributed by atoms with Crippen LogP contribution in [0.15, 0.2) is 65.4 Å². The molecule has 0 bridgehead atoms. The fraction of sp³-hybridized carbons (Fsp3) is 0.370. The lowest BCUT2D eigenvalue weighted by Crippen LogP contribution is -2.38. The van der Waals surface area contributed by atoms with E-state index in [9.17, 15) is 9.18 Å². The fourth-order valence-electron chi connectivity index (χ4n) is 5.38. The van der Waals surface area contributed by atoms with Gasteiger partial charge in [0.05, 0.1) is 0 Å². The molecule has 1 amide bonds. The average Bonchev–Trinajstić information content (AvgIpc) is 3.50. The summed E-state index contributed by atoms with van der Waals surface area (Å²) in [7, 11) is 0. The molecule has 2 atom stereocenters. The van der Waals surface area contributed by atoms with Crippen LogP contribution in [0.2, 0.25) is 5.02 Å². The molecule has 33 heavy (non-hydrogen) atoms. The van der Waals surface area contributed by atoms with E-state index in [1.807, 2.05) is 29.2 Å². The van der Waals surface area contributed by atoms with Crippen molar-refractivity contribution in [2.24, 2.45) is 5.92 Å². The molecule has 3 heterocycles. The molecule has 6 heteroatoms. The fourth-order valence-corrected chi connectivity index (χ4v) is 6.23. The maximum Gasteiger partial charge on any atom is 0.253 e. The zero-order valence-electron chi connectivity index (χ0n) is 18.5. The van der Waals surface area contributed by atoms with Crippen molar-refractivity contribution >= 4 is 28.8 Å². The van der Waals surface area contributed by atoms with Gasteiger partial charge in [0.1, 0.15) is 5.82 Å². The van der Waals surface area contributed by atoms with Crippen LogP contribution in [0.1, 0.15) is 46.2 Å². The van der Waals surface area contributed by atoms with Gasteiger partial charge in [0.25, 0.3) is 5.91 Å². The van der Waals surface area contributed by atoms with Gasteiger partial charge in [-0.2, -0.15) is 11.3 Å². The number of nitrogens with zero attached hydrogens (tertiary/aromatic N) is 2. The smallest absolute Gasteiger partial charge is 0.253 e. The number of amides is 1. The molecule has 2 aliphatic heterocycles. The second-order valence-corrected chi connectivity index (χ2v) is 10.5. The lowest BCUT2D eigenvalue weighted by molar-refractivity contribution is 0.0781. The molecule has 3 aromatic rings. The van der Waals surface area contributed by atoms with Crippen LogP contribution < -0.4 is 0 Å². The molecule has 0 radical (unpaired) electrons. The first-order valence-electron chi connectivity index (χ1n) is 11.6. The maximum atomic E-state index is 13.3. The van der Waals surface area contributed by atoms with Crippen molar-refractivity contribution in [3.63, 3.8) is 0 Å². The van der Waals surface area contributed by atoms with E-state index in [2.05, 4.69) is 21.7 Å². The van der Waals surface area contributed by atoms with Crippen molar-refractivity contribution in [1.29, 1.82) is 0 Å². The topological polar surface area (TPSA) is 23.6 Å². The molecule has 2 unspecified atom stereocenters. The Morgan fingerprint density at radius 2 is 1.70 bits per heavy atom. The van der Waals surface area contributed by atoms with Gasteiger partial charge in [-0.3, -0.25) is 4.79 Å². The molecule has 5 rings (SSSR count). The highest BCUT2D eigenvalue weighted by atomic mass is 35.5. The quantitative estimate of drug-likeness (QED) is 0.427. The average molecular weight is 483 g/mol. The molecule has 0 spiro atoms. The van der Waals surface area contributed by atoms with Crippen molar-refractivity contribution in [2.75, 3.05) is 32.7 Å². The summed E-state index contributed by atoms with van der Waals surface area (Å²) >= 11 is 7.73. The van der Waals surface area contributed by atoms with E-state index in [0.29, 0.717) is 28.3 Å². The maximum absolute atomic E-state index is 13.3. The summed E-state index contributed by atoms with van der Waals surface area (Å²) in [6, 6.07) is 16.4. The highest BCUT2D eigenvalue weighted by molar-refractivity contribution is 7.08. The van der Waals surface area contributed by atoms with Crippen molar-refractivity contribution in [1.82, 2.24) is 9.80 Å². The van der Waals surface area contributed by atoms with Gasteiger partial charge >= 0.3 is 0 Å². The summed E-state index contributed by atoms with van der Waals surface area (Å²) in [5.74, 6) is 1.20. The first-order valence-corrected chi connectivity index (χ1v) is 12.9. The van der Waals surface area contributed by atoms with E-state index in [1.54, 1.807) is 35.6 Å². The van der Waals surface area contributed by atoms with Gasteiger partial charge in [-0.1, -0.05) is 23.7 Å². The zero-order valence-corrected chi connectivity index (χ0v) is 20.1. The van der Waals surface area contributed by atoms with Crippen LogP contribution in [0, 0.1) is 11.7 Å². The van der Waals surface area contributed by atoms with Crippen LogP contribution >= 0.6 is 22.9 Å². The standard InChI is InChI=1S/C27H28ClFN2OS/c28-24-5-1-21(2-6-24)27(32)31-16-23(26(17-31)22-11-14-33-18-22)15-30-12-9-20(10-13-30)19-3-7-25(29)8-4-19/h1-8,11,14,18,20,23,26H,9-10,12-13,15-17H2. The Morgan fingerprint density at radius 1 is 0.970 bits per heavy atom. The second kappa shape index (κ2) is 9.96. The van der Waals surface area contributed by atoms with E-state index >= 15 is 0 Å². The van der Waals surface area contributed by atoms with E-state index in [0.717, 1.165) is 45.6 Å². The zero-order chi connectivity index (χ0) is 22.8. The number of halogens is 2. The van der Waals surface area contributed by atoms with E-state index in [4.69, 9.17) is 11.6 Å². The largest absolute Gasteiger partial charge is 0.338 e. The predicted octanol–water partition coefficient (Wildman–Crippen LogP) is 6.28. The molecule has 2 aromatic carbocycles. The molecule has 3 nitrogen and oxygen atoms in total. The number of likely N-dealkylation sites (tertiary alicyclic amines) is 2. The monoisotopic (exact) mass is 482 g/mol. The van der Waals surface area contributed by atoms with Crippen LogP contribution in [0.3, 0.4) is 0 Å². The van der Waals surface area contributed by atoms with Gasteiger partial charge in [-0.05, 0) is 102 Å². The third-order valence-electron chi connectivity index (χ3n) is 7.21. The lowest BCUT2D eigenvalue weighted by atomic mass is 9.87. The Morgan fingerprint density at radius 3 is 2.36 bits per heavy atom. The number of carbonyl (C=O) groups excluding carboxylic acids is 1. The van der Waals surface area contributed by atoms with Gasteiger partial charge in [-0.15, -0.1) is 0 Å². The van der Waals surface area contributed by atoms with Gasteiger partial charge < -0.3 is 9.80 Å². The summed E-state index contributed by atoms with van der Waals surface area (Å²) in [6.07, 6.45) is 2.18. The molecule has 172 valence electrons. The number of benzene rings is 2. The minimum atomic E-state index is -0.172. The van der Waals surface area contributed by atoms with Gasteiger partial charge in [-0.25, -0.2) is 4.39 Å². The van der Waals surface area contributed by atoms with Crippen molar-refractivity contribution in [3.8, 4) is 0 Å². The summed E-state index contributed by atoms with van der Waals surface area (Å²) < 4.78 is 13.3. The number of thiophene rings is 1. The Bertz CT molecular complexity index is 1060. The van der Waals surface area contributed by atoms with E-state index in [-0.39, 0.29) is 11.7 Å². The SMILES string of the molecule is O=C(c1ccc(Cl)cc1)N1CC(CN2CCC(c3ccc(F)cc3)CC2)C(c2ccsc2)C1.